The zero-order valence-corrected chi connectivity index (χ0v) is 18.4. The highest BCUT2D eigenvalue weighted by molar-refractivity contribution is 5.91. The van der Waals surface area contributed by atoms with Crippen LogP contribution in [0, 0.1) is 5.92 Å². The molecular weight excluding hydrogens is 414 g/mol. The average Bonchev–Trinajstić information content (AvgIpc) is 3.55. The number of hydrogen-bond donors (Lipinski definition) is 2. The van der Waals surface area contributed by atoms with Crippen LogP contribution in [0.2, 0.25) is 0 Å². The number of H-pyrrole nitrogens is 1. The molecule has 1 saturated heterocycles. The minimum absolute atomic E-state index is 0.0481. The van der Waals surface area contributed by atoms with Crippen LogP contribution in [-0.2, 0) is 4.79 Å². The third-order valence-electron chi connectivity index (χ3n) is 6.56. The Balaban J connectivity index is 1.25. The number of nitrogens with zero attached hydrogens (tertiary/aromatic N) is 1. The molecule has 1 atom stereocenters. The van der Waals surface area contributed by atoms with Crippen LogP contribution in [0.15, 0.2) is 83.6 Å². The lowest BCUT2D eigenvalue weighted by Crippen LogP contribution is -2.43. The molecule has 6 nitrogen and oxygen atoms in total. The molecule has 1 aliphatic heterocycles. The van der Waals surface area contributed by atoms with Crippen LogP contribution in [0.3, 0.4) is 0 Å². The van der Waals surface area contributed by atoms with Crippen molar-refractivity contribution in [3.05, 3.63) is 96.1 Å². The Hall–Kier alpha value is -3.80. The minimum atomic E-state index is -0.109. The van der Waals surface area contributed by atoms with Crippen molar-refractivity contribution in [1.82, 2.24) is 15.2 Å². The maximum absolute atomic E-state index is 13.0. The number of nitrogens with one attached hydrogen (secondary N) is 2. The van der Waals surface area contributed by atoms with Crippen molar-refractivity contribution >= 4 is 22.7 Å². The van der Waals surface area contributed by atoms with E-state index in [0.29, 0.717) is 38.2 Å². The van der Waals surface area contributed by atoms with Gasteiger partial charge in [-0.3, -0.25) is 9.59 Å². The van der Waals surface area contributed by atoms with Gasteiger partial charge in [-0.1, -0.05) is 48.5 Å². The summed E-state index contributed by atoms with van der Waals surface area (Å²) in [6, 6.07) is 21.9. The molecule has 0 bridgehead atoms. The highest BCUT2D eigenvalue weighted by Gasteiger charge is 2.29. The fourth-order valence-corrected chi connectivity index (χ4v) is 4.72. The fourth-order valence-electron chi connectivity index (χ4n) is 4.72. The normalized spacial score (nSPS) is 15.5. The zero-order valence-electron chi connectivity index (χ0n) is 18.4. The number of fused-ring (bicyclic) bond motifs is 1. The van der Waals surface area contributed by atoms with Crippen molar-refractivity contribution < 1.29 is 14.0 Å². The third kappa shape index (κ3) is 4.42. The molecule has 2 amide bonds. The van der Waals surface area contributed by atoms with Crippen molar-refractivity contribution in [3.8, 4) is 0 Å². The van der Waals surface area contributed by atoms with Gasteiger partial charge in [0.2, 0.25) is 5.91 Å². The van der Waals surface area contributed by atoms with Crippen molar-refractivity contribution in [2.75, 3.05) is 19.6 Å². The van der Waals surface area contributed by atoms with Gasteiger partial charge in [0, 0.05) is 48.6 Å². The van der Waals surface area contributed by atoms with Crippen LogP contribution in [0.1, 0.15) is 40.4 Å². The minimum Gasteiger partial charge on any atom is -0.459 e. The maximum Gasteiger partial charge on any atom is 0.289 e. The SMILES string of the molecule is O=C(NCC(c1ccccc1)c1c[nH]c2ccccc12)C1CCN(C(=O)c2ccco2)CC1. The van der Waals surface area contributed by atoms with Gasteiger partial charge in [-0.05, 0) is 42.2 Å². The molecule has 3 heterocycles. The first-order valence-electron chi connectivity index (χ1n) is 11.4. The van der Waals surface area contributed by atoms with Gasteiger partial charge in [0.1, 0.15) is 0 Å². The first-order valence-corrected chi connectivity index (χ1v) is 11.4. The van der Waals surface area contributed by atoms with E-state index in [0.717, 1.165) is 5.52 Å². The highest BCUT2D eigenvalue weighted by Crippen LogP contribution is 2.30. The van der Waals surface area contributed by atoms with Gasteiger partial charge < -0.3 is 19.6 Å². The van der Waals surface area contributed by atoms with E-state index in [2.05, 4.69) is 34.6 Å². The Bertz CT molecular complexity index is 1220. The van der Waals surface area contributed by atoms with E-state index >= 15 is 0 Å². The second-order valence-corrected chi connectivity index (χ2v) is 8.54. The van der Waals surface area contributed by atoms with E-state index in [4.69, 9.17) is 4.42 Å². The smallest absolute Gasteiger partial charge is 0.289 e. The van der Waals surface area contributed by atoms with Crippen molar-refractivity contribution in [2.45, 2.75) is 18.8 Å². The molecule has 0 spiro atoms. The van der Waals surface area contributed by atoms with E-state index in [1.54, 1.807) is 17.0 Å². The van der Waals surface area contributed by atoms with Gasteiger partial charge in [-0.2, -0.15) is 0 Å². The van der Waals surface area contributed by atoms with Crippen molar-refractivity contribution in [3.63, 3.8) is 0 Å². The summed E-state index contributed by atoms with van der Waals surface area (Å²) < 4.78 is 5.22. The number of para-hydroxylation sites is 1. The molecule has 4 aromatic rings. The van der Waals surface area contributed by atoms with Gasteiger partial charge in [-0.15, -0.1) is 0 Å². The number of hydrogen-bond acceptors (Lipinski definition) is 3. The summed E-state index contributed by atoms with van der Waals surface area (Å²) in [5.41, 5.74) is 3.44. The third-order valence-corrected chi connectivity index (χ3v) is 6.56. The molecule has 1 fully saturated rings. The van der Waals surface area contributed by atoms with Crippen LogP contribution >= 0.6 is 0 Å². The van der Waals surface area contributed by atoms with Gasteiger partial charge in [0.25, 0.3) is 5.91 Å². The lowest BCUT2D eigenvalue weighted by atomic mass is 9.90. The van der Waals surface area contributed by atoms with Gasteiger partial charge in [-0.25, -0.2) is 0 Å². The molecule has 0 aliphatic carbocycles. The molecule has 1 aliphatic rings. The lowest BCUT2D eigenvalue weighted by molar-refractivity contribution is -0.126. The number of carbonyl (C=O) groups is 2. The maximum atomic E-state index is 13.0. The fraction of sp³-hybridized carbons (Fsp3) is 0.259. The van der Waals surface area contributed by atoms with Crippen LogP contribution < -0.4 is 5.32 Å². The molecule has 33 heavy (non-hydrogen) atoms. The number of amides is 2. The lowest BCUT2D eigenvalue weighted by Gasteiger charge is -2.31. The second kappa shape index (κ2) is 9.36. The van der Waals surface area contributed by atoms with Crippen molar-refractivity contribution in [2.24, 2.45) is 5.92 Å². The molecule has 2 N–H and O–H groups in total. The Morgan fingerprint density at radius 1 is 1.00 bits per heavy atom. The number of aromatic nitrogens is 1. The van der Waals surface area contributed by atoms with Crippen molar-refractivity contribution in [1.29, 1.82) is 0 Å². The molecular formula is C27H27N3O3. The number of furan rings is 1. The number of rotatable bonds is 6. The molecule has 2 aromatic carbocycles. The number of likely N-dealkylation sites (tertiary alicyclic amines) is 1. The first kappa shape index (κ1) is 21.1. The summed E-state index contributed by atoms with van der Waals surface area (Å²) in [6.45, 7) is 1.64. The van der Waals surface area contributed by atoms with Gasteiger partial charge >= 0.3 is 0 Å². The van der Waals surface area contributed by atoms with Crippen LogP contribution in [0.4, 0.5) is 0 Å². The molecule has 0 saturated carbocycles. The highest BCUT2D eigenvalue weighted by atomic mass is 16.3. The topological polar surface area (TPSA) is 78.3 Å². The van der Waals surface area contributed by atoms with Gasteiger partial charge in [0.05, 0.1) is 6.26 Å². The predicted molar refractivity (Wildman–Crippen MR) is 127 cm³/mol. The van der Waals surface area contributed by atoms with E-state index in [-0.39, 0.29) is 23.7 Å². The van der Waals surface area contributed by atoms with Crippen LogP contribution in [0.5, 0.6) is 0 Å². The summed E-state index contributed by atoms with van der Waals surface area (Å²) >= 11 is 0. The molecule has 168 valence electrons. The van der Waals surface area contributed by atoms with E-state index in [9.17, 15) is 9.59 Å². The predicted octanol–water partition coefficient (Wildman–Crippen LogP) is 4.56. The van der Waals surface area contributed by atoms with E-state index < -0.39 is 0 Å². The van der Waals surface area contributed by atoms with E-state index in [1.807, 2.05) is 36.5 Å². The summed E-state index contributed by atoms with van der Waals surface area (Å²) in [4.78, 5) is 30.6. The Kier molecular flexibility index (Phi) is 5.98. The number of aromatic amines is 1. The van der Waals surface area contributed by atoms with Crippen LogP contribution in [0.25, 0.3) is 10.9 Å². The standard InChI is InChI=1S/C27H27N3O3/c31-26(20-12-14-30(15-13-20)27(32)25-11-6-16-33-25)29-17-22(19-7-2-1-3-8-19)23-18-28-24-10-5-4-9-21(23)24/h1-11,16,18,20,22,28H,12-15,17H2,(H,29,31). The molecule has 5 rings (SSSR count). The summed E-state index contributed by atoms with van der Waals surface area (Å²) in [6.07, 6.45) is 4.86. The largest absolute Gasteiger partial charge is 0.459 e. The number of benzene rings is 2. The van der Waals surface area contributed by atoms with Crippen LogP contribution in [-0.4, -0.2) is 41.3 Å². The monoisotopic (exact) mass is 441 g/mol. The zero-order chi connectivity index (χ0) is 22.6. The van der Waals surface area contributed by atoms with E-state index in [1.165, 1.54) is 22.8 Å². The number of piperidine rings is 1. The number of carbonyl (C=O) groups excluding carboxylic acids is 2. The summed E-state index contributed by atoms with van der Waals surface area (Å²) in [7, 11) is 0. The Labute approximate surface area is 192 Å². The quantitative estimate of drug-likeness (QED) is 0.460. The second-order valence-electron chi connectivity index (χ2n) is 8.54. The molecule has 2 aromatic heterocycles. The molecule has 0 radical (unpaired) electrons. The summed E-state index contributed by atoms with van der Waals surface area (Å²) in [5, 5.41) is 4.37. The molecule has 6 heteroatoms. The Morgan fingerprint density at radius 3 is 2.52 bits per heavy atom. The Morgan fingerprint density at radius 2 is 1.76 bits per heavy atom. The molecule has 1 unspecified atom stereocenters. The van der Waals surface area contributed by atoms with Gasteiger partial charge in [0.15, 0.2) is 5.76 Å². The average molecular weight is 442 g/mol. The first-order chi connectivity index (χ1) is 16.2. The summed E-state index contributed by atoms with van der Waals surface area (Å²) in [5.74, 6) is 0.252.